The van der Waals surface area contributed by atoms with Crippen LogP contribution in [0.2, 0.25) is 0 Å². The van der Waals surface area contributed by atoms with Crippen LogP contribution in [0.5, 0.6) is 0 Å². The summed E-state index contributed by atoms with van der Waals surface area (Å²) in [6.07, 6.45) is 3.19. The molecule has 8 heteroatoms. The van der Waals surface area contributed by atoms with E-state index in [0.29, 0.717) is 22.7 Å². The second-order valence-corrected chi connectivity index (χ2v) is 9.32. The summed E-state index contributed by atoms with van der Waals surface area (Å²) in [7, 11) is 0. The quantitative estimate of drug-likeness (QED) is 0.446. The van der Waals surface area contributed by atoms with Gasteiger partial charge in [-0.15, -0.1) is 0 Å². The fourth-order valence-corrected chi connectivity index (χ4v) is 5.07. The van der Waals surface area contributed by atoms with Crippen molar-refractivity contribution in [2.75, 3.05) is 5.75 Å². The second-order valence-electron chi connectivity index (χ2n) is 8.38. The third-order valence-electron chi connectivity index (χ3n) is 6.28. The molecule has 32 heavy (non-hydrogen) atoms. The van der Waals surface area contributed by atoms with Crippen molar-refractivity contribution in [2.24, 2.45) is 11.8 Å². The molecule has 3 atom stereocenters. The number of hydrogen-bond donors (Lipinski definition) is 1. The second kappa shape index (κ2) is 9.40. The van der Waals surface area contributed by atoms with E-state index in [0.717, 1.165) is 41.3 Å². The molecule has 1 aliphatic rings. The Kier molecular flexibility index (Phi) is 6.60. The van der Waals surface area contributed by atoms with E-state index >= 15 is 0 Å². The maximum absolute atomic E-state index is 14.6. The van der Waals surface area contributed by atoms with Gasteiger partial charge in [-0.2, -0.15) is 0 Å². The number of nitrogens with zero attached hydrogens (tertiary/aromatic N) is 2. The van der Waals surface area contributed by atoms with Crippen molar-refractivity contribution in [1.82, 2.24) is 14.9 Å². The van der Waals surface area contributed by atoms with Gasteiger partial charge in [0.25, 0.3) is 5.56 Å². The molecule has 1 N–H and O–H groups in total. The third-order valence-corrected chi connectivity index (χ3v) is 7.22. The summed E-state index contributed by atoms with van der Waals surface area (Å²) < 4.78 is 29.1. The van der Waals surface area contributed by atoms with Crippen LogP contribution in [0.1, 0.15) is 33.1 Å². The van der Waals surface area contributed by atoms with E-state index in [2.05, 4.69) is 24.1 Å². The van der Waals surface area contributed by atoms with E-state index in [4.69, 9.17) is 0 Å². The van der Waals surface area contributed by atoms with Crippen molar-refractivity contribution in [3.8, 4) is 5.69 Å². The molecule has 0 radical (unpaired) electrons. The Morgan fingerprint density at radius 3 is 2.75 bits per heavy atom. The van der Waals surface area contributed by atoms with Crippen molar-refractivity contribution >= 4 is 28.6 Å². The Hall–Kier alpha value is -2.74. The maximum Gasteiger partial charge on any atom is 0.266 e. The molecule has 3 unspecified atom stereocenters. The number of aromatic nitrogens is 2. The van der Waals surface area contributed by atoms with Crippen molar-refractivity contribution in [3.05, 3.63) is 64.5 Å². The number of hydrogen-bond acceptors (Lipinski definition) is 4. The molecule has 1 fully saturated rings. The Bertz CT molecular complexity index is 1210. The third kappa shape index (κ3) is 4.55. The molecule has 0 bridgehead atoms. The average Bonchev–Trinajstić information content (AvgIpc) is 2.76. The molecular weight excluding hydrogens is 432 g/mol. The molecule has 0 saturated heterocycles. The number of carbonyl (C=O) groups is 1. The van der Waals surface area contributed by atoms with Crippen LogP contribution in [-0.2, 0) is 4.79 Å². The largest absolute Gasteiger partial charge is 0.352 e. The molecule has 1 saturated carbocycles. The van der Waals surface area contributed by atoms with E-state index in [-0.39, 0.29) is 28.5 Å². The Morgan fingerprint density at radius 2 is 1.97 bits per heavy atom. The number of rotatable bonds is 5. The number of benzene rings is 2. The lowest BCUT2D eigenvalue weighted by Gasteiger charge is -2.34. The predicted octanol–water partition coefficient (Wildman–Crippen LogP) is 4.70. The smallest absolute Gasteiger partial charge is 0.266 e. The van der Waals surface area contributed by atoms with Gasteiger partial charge in [-0.05, 0) is 42.5 Å². The topological polar surface area (TPSA) is 64.0 Å². The zero-order chi connectivity index (χ0) is 22.8. The number of carbonyl (C=O) groups excluding carboxylic acids is 1. The fraction of sp³-hybridized carbons (Fsp3) is 0.375. The summed E-state index contributed by atoms with van der Waals surface area (Å²) in [6, 6.07) is 9.89. The molecule has 1 aliphatic carbocycles. The average molecular weight is 458 g/mol. The van der Waals surface area contributed by atoms with Gasteiger partial charge in [-0.25, -0.2) is 13.8 Å². The highest BCUT2D eigenvalue weighted by atomic mass is 32.2. The molecule has 0 aliphatic heterocycles. The van der Waals surface area contributed by atoms with E-state index in [1.165, 1.54) is 12.5 Å². The molecule has 2 aromatic carbocycles. The van der Waals surface area contributed by atoms with Crippen LogP contribution in [0, 0.1) is 23.5 Å². The number of nitrogens with one attached hydrogen (secondary N) is 1. The van der Waals surface area contributed by atoms with E-state index in [9.17, 15) is 18.4 Å². The first kappa shape index (κ1) is 22.5. The van der Waals surface area contributed by atoms with Gasteiger partial charge in [0, 0.05) is 12.1 Å². The first-order chi connectivity index (χ1) is 15.3. The monoisotopic (exact) mass is 457 g/mol. The molecule has 1 amide bonds. The molecule has 168 valence electrons. The number of thioether (sulfide) groups is 1. The van der Waals surface area contributed by atoms with Crippen LogP contribution < -0.4 is 10.9 Å². The van der Waals surface area contributed by atoms with Gasteiger partial charge >= 0.3 is 0 Å². The molecule has 5 nitrogen and oxygen atoms in total. The van der Waals surface area contributed by atoms with Crippen LogP contribution in [0.4, 0.5) is 8.78 Å². The SMILES string of the molecule is CC1CCCC(NC(=O)CSc2nc3ccccc3c(=O)n2-c2ccc(F)cc2F)C1C. The summed E-state index contributed by atoms with van der Waals surface area (Å²) in [5.41, 5.74) is -0.125. The number of fused-ring (bicyclic) bond motifs is 1. The lowest BCUT2D eigenvalue weighted by molar-refractivity contribution is -0.120. The first-order valence-electron chi connectivity index (χ1n) is 10.7. The fourth-order valence-electron chi connectivity index (χ4n) is 4.25. The van der Waals surface area contributed by atoms with Gasteiger partial charge in [-0.3, -0.25) is 14.2 Å². The Balaban J connectivity index is 1.64. The normalized spacial score (nSPS) is 20.9. The molecule has 4 rings (SSSR count). The molecule has 0 spiro atoms. The first-order valence-corrected chi connectivity index (χ1v) is 11.7. The molecule has 3 aromatic rings. The van der Waals surface area contributed by atoms with Gasteiger partial charge in [0.15, 0.2) is 5.16 Å². The van der Waals surface area contributed by atoms with Crippen molar-refractivity contribution < 1.29 is 13.6 Å². The van der Waals surface area contributed by atoms with Gasteiger partial charge in [0.2, 0.25) is 5.91 Å². The number of halogens is 2. The van der Waals surface area contributed by atoms with E-state index < -0.39 is 17.2 Å². The highest BCUT2D eigenvalue weighted by molar-refractivity contribution is 7.99. The Labute approximate surface area is 189 Å². The van der Waals surface area contributed by atoms with Gasteiger partial charge in [0.05, 0.1) is 22.3 Å². The van der Waals surface area contributed by atoms with Gasteiger partial charge in [0.1, 0.15) is 11.6 Å². The highest BCUT2D eigenvalue weighted by Crippen LogP contribution is 2.30. The molecule has 1 aromatic heterocycles. The Morgan fingerprint density at radius 1 is 1.19 bits per heavy atom. The summed E-state index contributed by atoms with van der Waals surface area (Å²) in [6.45, 7) is 4.36. The van der Waals surface area contributed by atoms with E-state index in [1.54, 1.807) is 24.3 Å². The molecular formula is C24H25F2N3O2S. The summed E-state index contributed by atoms with van der Waals surface area (Å²) in [5.74, 6) is -0.795. The maximum atomic E-state index is 14.6. The molecule has 1 heterocycles. The van der Waals surface area contributed by atoms with Crippen molar-refractivity contribution in [3.63, 3.8) is 0 Å². The minimum absolute atomic E-state index is 0.0329. The lowest BCUT2D eigenvalue weighted by Crippen LogP contribution is -2.44. The number of para-hydroxylation sites is 1. The van der Waals surface area contributed by atoms with E-state index in [1.807, 2.05) is 0 Å². The summed E-state index contributed by atoms with van der Waals surface area (Å²) in [4.78, 5) is 30.4. The standard InChI is InChI=1S/C24H25F2N3O2S/c1-14-6-5-9-19(15(14)2)27-22(30)13-32-24-28-20-8-4-3-7-17(20)23(31)29(24)21-11-10-16(25)12-18(21)26/h3-4,7-8,10-12,14-15,19H,5-6,9,13H2,1-2H3,(H,27,30). The van der Waals surface area contributed by atoms with Gasteiger partial charge in [-0.1, -0.05) is 50.6 Å². The summed E-state index contributed by atoms with van der Waals surface area (Å²) >= 11 is 1.06. The zero-order valence-electron chi connectivity index (χ0n) is 18.0. The minimum atomic E-state index is -0.875. The minimum Gasteiger partial charge on any atom is -0.352 e. The lowest BCUT2D eigenvalue weighted by atomic mass is 9.78. The summed E-state index contributed by atoms with van der Waals surface area (Å²) in [5, 5.41) is 3.60. The van der Waals surface area contributed by atoms with Crippen LogP contribution in [-0.4, -0.2) is 27.3 Å². The van der Waals surface area contributed by atoms with Crippen molar-refractivity contribution in [2.45, 2.75) is 44.3 Å². The van der Waals surface area contributed by atoms with Crippen LogP contribution in [0.15, 0.2) is 52.4 Å². The van der Waals surface area contributed by atoms with Crippen molar-refractivity contribution in [1.29, 1.82) is 0 Å². The van der Waals surface area contributed by atoms with Gasteiger partial charge < -0.3 is 5.32 Å². The van der Waals surface area contributed by atoms with Crippen LogP contribution in [0.3, 0.4) is 0 Å². The highest BCUT2D eigenvalue weighted by Gasteiger charge is 2.28. The zero-order valence-corrected chi connectivity index (χ0v) is 18.8. The predicted molar refractivity (Wildman–Crippen MR) is 122 cm³/mol. The van der Waals surface area contributed by atoms with Crippen LogP contribution in [0.25, 0.3) is 16.6 Å². The number of amides is 1. The van der Waals surface area contributed by atoms with Crippen LogP contribution >= 0.6 is 11.8 Å².